The van der Waals surface area contributed by atoms with Gasteiger partial charge in [0.2, 0.25) is 0 Å². The average molecular weight is 290 g/mol. The number of nitrogens with zero attached hydrogens (tertiary/aromatic N) is 1. The van der Waals surface area contributed by atoms with Crippen LogP contribution in [0, 0.1) is 0 Å². The summed E-state index contributed by atoms with van der Waals surface area (Å²) in [5, 5.41) is 21.0. The monoisotopic (exact) mass is 290 g/mol. The van der Waals surface area contributed by atoms with Gasteiger partial charge in [0.05, 0.1) is 0 Å². The molecule has 21 heavy (non-hydrogen) atoms. The first kappa shape index (κ1) is 14.4. The molecule has 0 aliphatic rings. The van der Waals surface area contributed by atoms with Gasteiger partial charge in [-0.2, -0.15) is 0 Å². The number of carboxylic acids is 1. The number of carbonyl (C=O) groups is 2. The normalized spacial score (nSPS) is 10.1. The largest absolute Gasteiger partial charge is 0.504 e. The maximum Gasteiger partial charge on any atom is 0.412 e. The minimum atomic E-state index is -1.29. The number of hydrogen-bond acceptors (Lipinski definition) is 4. The molecule has 2 rings (SSSR count). The van der Waals surface area contributed by atoms with E-state index in [2.05, 4.69) is 5.32 Å². The molecule has 1 heterocycles. The van der Waals surface area contributed by atoms with Crippen LogP contribution in [0.5, 0.6) is 5.75 Å². The van der Waals surface area contributed by atoms with E-state index in [1.54, 1.807) is 12.1 Å². The van der Waals surface area contributed by atoms with Crippen LogP contribution >= 0.6 is 0 Å². The lowest BCUT2D eigenvalue weighted by molar-refractivity contribution is 0.0683. The molecule has 0 fully saturated rings. The predicted molar refractivity (Wildman–Crippen MR) is 74.3 cm³/mol. The predicted octanol–water partition coefficient (Wildman–Crippen LogP) is 2.18. The fourth-order valence-electron chi connectivity index (χ4n) is 1.83. The SMILES string of the molecule is Cn1cc(NC(=O)OCc2ccccc2)c(O)c1C(=O)O. The Kier molecular flexibility index (Phi) is 4.13. The van der Waals surface area contributed by atoms with E-state index in [1.165, 1.54) is 17.8 Å². The van der Waals surface area contributed by atoms with E-state index in [1.807, 2.05) is 18.2 Å². The number of nitrogens with one attached hydrogen (secondary N) is 1. The summed E-state index contributed by atoms with van der Waals surface area (Å²) in [7, 11) is 1.45. The summed E-state index contributed by atoms with van der Waals surface area (Å²) in [6.07, 6.45) is 0.513. The van der Waals surface area contributed by atoms with Crippen molar-refractivity contribution >= 4 is 17.7 Å². The van der Waals surface area contributed by atoms with Crippen LogP contribution < -0.4 is 5.32 Å². The molecule has 0 saturated heterocycles. The van der Waals surface area contributed by atoms with E-state index in [4.69, 9.17) is 9.84 Å². The molecule has 0 unspecified atom stereocenters. The number of benzene rings is 1. The van der Waals surface area contributed by atoms with Crippen molar-refractivity contribution in [3.05, 3.63) is 47.8 Å². The van der Waals surface area contributed by atoms with E-state index in [9.17, 15) is 14.7 Å². The lowest BCUT2D eigenvalue weighted by Crippen LogP contribution is -2.13. The topological polar surface area (TPSA) is 101 Å². The van der Waals surface area contributed by atoms with E-state index in [0.717, 1.165) is 5.56 Å². The highest BCUT2D eigenvalue weighted by molar-refractivity contribution is 5.95. The van der Waals surface area contributed by atoms with Gasteiger partial charge in [0.15, 0.2) is 11.4 Å². The zero-order valence-corrected chi connectivity index (χ0v) is 11.2. The van der Waals surface area contributed by atoms with Gasteiger partial charge in [-0.1, -0.05) is 30.3 Å². The van der Waals surface area contributed by atoms with Crippen molar-refractivity contribution in [3.63, 3.8) is 0 Å². The summed E-state index contributed by atoms with van der Waals surface area (Å²) in [5.41, 5.74) is 0.484. The number of amides is 1. The standard InChI is InChI=1S/C14H14N2O5/c1-16-7-10(12(17)11(16)13(18)19)15-14(20)21-8-9-5-3-2-4-6-9/h2-7,17H,8H2,1H3,(H,15,20)(H,18,19). The third-order valence-corrected chi connectivity index (χ3v) is 2.81. The molecule has 0 saturated carbocycles. The Hall–Kier alpha value is -2.96. The lowest BCUT2D eigenvalue weighted by atomic mass is 10.2. The fraction of sp³-hybridized carbons (Fsp3) is 0.143. The average Bonchev–Trinajstić information content (AvgIpc) is 2.72. The van der Waals surface area contributed by atoms with E-state index in [0.29, 0.717) is 0 Å². The Balaban J connectivity index is 2.00. The van der Waals surface area contributed by atoms with Crippen LogP contribution in [0.25, 0.3) is 0 Å². The van der Waals surface area contributed by atoms with Gasteiger partial charge < -0.3 is 19.5 Å². The molecule has 0 spiro atoms. The minimum absolute atomic E-state index is 0.0204. The first-order chi connectivity index (χ1) is 9.99. The van der Waals surface area contributed by atoms with Gasteiger partial charge in [-0.25, -0.2) is 9.59 Å². The number of aromatic hydroxyl groups is 1. The molecule has 0 atom stereocenters. The second-order valence-electron chi connectivity index (χ2n) is 4.34. The van der Waals surface area contributed by atoms with Crippen LogP contribution in [-0.4, -0.2) is 26.8 Å². The highest BCUT2D eigenvalue weighted by Crippen LogP contribution is 2.29. The number of aryl methyl sites for hydroxylation is 1. The highest BCUT2D eigenvalue weighted by Gasteiger charge is 2.20. The summed E-state index contributed by atoms with van der Waals surface area (Å²) < 4.78 is 6.18. The van der Waals surface area contributed by atoms with E-state index < -0.39 is 17.8 Å². The number of aromatic nitrogens is 1. The third kappa shape index (κ3) is 3.33. The number of anilines is 1. The molecule has 110 valence electrons. The molecule has 7 nitrogen and oxygen atoms in total. The zero-order valence-electron chi connectivity index (χ0n) is 11.2. The number of hydrogen-bond donors (Lipinski definition) is 3. The Labute approximate surface area is 120 Å². The molecule has 0 radical (unpaired) electrons. The molecule has 1 aromatic carbocycles. The van der Waals surface area contributed by atoms with Crippen molar-refractivity contribution in [1.82, 2.24) is 4.57 Å². The molecular weight excluding hydrogens is 276 g/mol. The van der Waals surface area contributed by atoms with Gasteiger partial charge in [0, 0.05) is 13.2 Å². The third-order valence-electron chi connectivity index (χ3n) is 2.81. The number of carboxylic acid groups (broad SMARTS) is 1. The Bertz CT molecular complexity index is 664. The van der Waals surface area contributed by atoms with E-state index >= 15 is 0 Å². The molecule has 1 aromatic heterocycles. The molecule has 0 bridgehead atoms. The summed E-state index contributed by atoms with van der Waals surface area (Å²) in [6, 6.07) is 9.09. The number of ether oxygens (including phenoxy) is 1. The van der Waals surface area contributed by atoms with Gasteiger partial charge in [-0.05, 0) is 5.56 Å². The van der Waals surface area contributed by atoms with Crippen molar-refractivity contribution in [3.8, 4) is 5.75 Å². The highest BCUT2D eigenvalue weighted by atomic mass is 16.5. The number of carbonyl (C=O) groups excluding carboxylic acids is 1. The summed E-state index contributed by atoms with van der Waals surface area (Å²) in [5.74, 6) is -1.80. The van der Waals surface area contributed by atoms with Crippen molar-refractivity contribution in [1.29, 1.82) is 0 Å². The maximum atomic E-state index is 11.6. The molecule has 7 heteroatoms. The Morgan fingerprint density at radius 2 is 1.95 bits per heavy atom. The molecular formula is C14H14N2O5. The zero-order chi connectivity index (χ0) is 15.4. The fourth-order valence-corrected chi connectivity index (χ4v) is 1.83. The van der Waals surface area contributed by atoms with Gasteiger partial charge in [0.1, 0.15) is 12.3 Å². The molecule has 2 aromatic rings. The number of rotatable bonds is 4. The van der Waals surface area contributed by atoms with Crippen molar-refractivity contribution in [2.75, 3.05) is 5.32 Å². The Morgan fingerprint density at radius 1 is 1.29 bits per heavy atom. The smallest absolute Gasteiger partial charge is 0.412 e. The first-order valence-electron chi connectivity index (χ1n) is 6.08. The molecule has 1 amide bonds. The molecule has 0 aliphatic carbocycles. The Morgan fingerprint density at radius 3 is 2.52 bits per heavy atom. The van der Waals surface area contributed by atoms with Crippen LogP contribution in [0.2, 0.25) is 0 Å². The van der Waals surface area contributed by atoms with Crippen LogP contribution in [0.3, 0.4) is 0 Å². The van der Waals surface area contributed by atoms with Gasteiger partial charge in [0.25, 0.3) is 0 Å². The minimum Gasteiger partial charge on any atom is -0.504 e. The quantitative estimate of drug-likeness (QED) is 0.801. The van der Waals surface area contributed by atoms with Crippen molar-refractivity contribution in [2.45, 2.75) is 6.61 Å². The molecule has 3 N–H and O–H groups in total. The van der Waals surface area contributed by atoms with Crippen LogP contribution in [-0.2, 0) is 18.4 Å². The van der Waals surface area contributed by atoms with Crippen LogP contribution in [0.1, 0.15) is 16.1 Å². The van der Waals surface area contributed by atoms with Crippen molar-refractivity contribution in [2.24, 2.45) is 7.05 Å². The van der Waals surface area contributed by atoms with Gasteiger partial charge in [-0.15, -0.1) is 0 Å². The van der Waals surface area contributed by atoms with Crippen LogP contribution in [0.4, 0.5) is 10.5 Å². The summed E-state index contributed by atoms with van der Waals surface area (Å²) in [6.45, 7) is 0.0755. The second-order valence-corrected chi connectivity index (χ2v) is 4.34. The van der Waals surface area contributed by atoms with Gasteiger partial charge in [-0.3, -0.25) is 5.32 Å². The van der Waals surface area contributed by atoms with Gasteiger partial charge >= 0.3 is 12.1 Å². The van der Waals surface area contributed by atoms with Crippen molar-refractivity contribution < 1.29 is 24.5 Å². The summed E-state index contributed by atoms with van der Waals surface area (Å²) in [4.78, 5) is 22.6. The van der Waals surface area contributed by atoms with E-state index in [-0.39, 0.29) is 18.0 Å². The lowest BCUT2D eigenvalue weighted by Gasteiger charge is -2.06. The molecule has 0 aliphatic heterocycles. The summed E-state index contributed by atoms with van der Waals surface area (Å²) >= 11 is 0. The maximum absolute atomic E-state index is 11.6. The first-order valence-corrected chi connectivity index (χ1v) is 6.08. The second kappa shape index (κ2) is 6.00. The number of aromatic carboxylic acids is 1. The van der Waals surface area contributed by atoms with Crippen LogP contribution in [0.15, 0.2) is 36.5 Å².